The third-order valence-corrected chi connectivity index (χ3v) is 2.31. The van der Waals surface area contributed by atoms with Gasteiger partial charge in [0.2, 0.25) is 0 Å². The second-order valence-corrected chi connectivity index (χ2v) is 3.57. The molecule has 0 aromatic heterocycles. The molecule has 16 heavy (non-hydrogen) atoms. The molecule has 3 nitrogen and oxygen atoms in total. The van der Waals surface area contributed by atoms with Crippen LogP contribution in [0.2, 0.25) is 0 Å². The Hall–Kier alpha value is -1.20. The zero-order valence-electron chi connectivity index (χ0n) is 9.39. The van der Waals surface area contributed by atoms with Crippen LogP contribution in [0.1, 0.15) is 12.5 Å². The van der Waals surface area contributed by atoms with E-state index in [-0.39, 0.29) is 18.3 Å². The Balaban J connectivity index is 2.80. The van der Waals surface area contributed by atoms with E-state index in [1.807, 2.05) is 0 Å². The lowest BCUT2D eigenvalue weighted by Gasteiger charge is -2.13. The van der Waals surface area contributed by atoms with Gasteiger partial charge in [0.15, 0.2) is 0 Å². The average molecular weight is 230 g/mol. The molecule has 0 fully saturated rings. The Labute approximate surface area is 93.6 Å². The maximum Gasteiger partial charge on any atom is 0.149 e. The summed E-state index contributed by atoms with van der Waals surface area (Å²) in [6.07, 6.45) is -0.118. The number of hydrogen-bond acceptors (Lipinski definition) is 3. The fraction of sp³-hybridized carbons (Fsp3) is 0.455. The van der Waals surface area contributed by atoms with Crippen LogP contribution in [-0.4, -0.2) is 19.8 Å². The summed E-state index contributed by atoms with van der Waals surface area (Å²) >= 11 is 0. The van der Waals surface area contributed by atoms with Crippen LogP contribution < -0.4 is 11.1 Å². The summed E-state index contributed by atoms with van der Waals surface area (Å²) in [7, 11) is 1.54. The fourth-order valence-corrected chi connectivity index (χ4v) is 1.24. The molecule has 1 aromatic carbocycles. The summed E-state index contributed by atoms with van der Waals surface area (Å²) in [6, 6.07) is 2.45. The quantitative estimate of drug-likeness (QED) is 0.811. The van der Waals surface area contributed by atoms with E-state index >= 15 is 0 Å². The molecule has 0 aliphatic carbocycles. The Morgan fingerprint density at radius 2 is 1.94 bits per heavy atom. The molecule has 3 N–H and O–H groups in total. The number of ether oxygens (including phenoxy) is 1. The molecule has 5 heteroatoms. The monoisotopic (exact) mass is 230 g/mol. The van der Waals surface area contributed by atoms with Crippen molar-refractivity contribution in [3.63, 3.8) is 0 Å². The highest BCUT2D eigenvalue weighted by Gasteiger charge is 2.11. The van der Waals surface area contributed by atoms with Gasteiger partial charge >= 0.3 is 0 Å². The van der Waals surface area contributed by atoms with Gasteiger partial charge < -0.3 is 15.8 Å². The van der Waals surface area contributed by atoms with Crippen molar-refractivity contribution in [1.29, 1.82) is 0 Å². The first-order valence-electron chi connectivity index (χ1n) is 5.03. The smallest absolute Gasteiger partial charge is 0.149 e. The molecular weight excluding hydrogens is 214 g/mol. The summed E-state index contributed by atoms with van der Waals surface area (Å²) in [5.74, 6) is -1.27. The van der Waals surface area contributed by atoms with Gasteiger partial charge in [-0.2, -0.15) is 0 Å². The molecule has 0 aliphatic heterocycles. The standard InChI is InChI=1S/C11H16F2N2O/c1-7(16-2)6-15-11-9(12)3-8(5-14)4-10(11)13/h3-4,7,15H,5-6,14H2,1-2H3. The minimum Gasteiger partial charge on any atom is -0.380 e. The van der Waals surface area contributed by atoms with Crippen molar-refractivity contribution in [3.05, 3.63) is 29.3 Å². The van der Waals surface area contributed by atoms with Gasteiger partial charge in [0, 0.05) is 20.2 Å². The number of hydrogen-bond donors (Lipinski definition) is 2. The maximum absolute atomic E-state index is 13.5. The van der Waals surface area contributed by atoms with E-state index in [2.05, 4.69) is 5.32 Å². The van der Waals surface area contributed by atoms with Gasteiger partial charge in [-0.3, -0.25) is 0 Å². The molecule has 1 rings (SSSR count). The third-order valence-electron chi connectivity index (χ3n) is 2.31. The molecule has 0 saturated heterocycles. The van der Waals surface area contributed by atoms with Crippen LogP contribution in [0.15, 0.2) is 12.1 Å². The Morgan fingerprint density at radius 1 is 1.38 bits per heavy atom. The van der Waals surface area contributed by atoms with Gasteiger partial charge in [-0.1, -0.05) is 0 Å². The van der Waals surface area contributed by atoms with Crippen LogP contribution >= 0.6 is 0 Å². The molecule has 1 atom stereocenters. The normalized spacial score (nSPS) is 12.6. The van der Waals surface area contributed by atoms with E-state index in [1.165, 1.54) is 19.2 Å². The number of halogens is 2. The van der Waals surface area contributed by atoms with Crippen molar-refractivity contribution in [1.82, 2.24) is 0 Å². The molecule has 0 amide bonds. The number of methoxy groups -OCH3 is 1. The molecule has 1 unspecified atom stereocenters. The number of nitrogens with two attached hydrogens (primary N) is 1. The molecule has 0 heterocycles. The van der Waals surface area contributed by atoms with Crippen molar-refractivity contribution >= 4 is 5.69 Å². The predicted octanol–water partition coefficient (Wildman–Crippen LogP) is 1.87. The molecule has 0 spiro atoms. The number of rotatable bonds is 5. The van der Waals surface area contributed by atoms with Crippen molar-refractivity contribution in [3.8, 4) is 0 Å². The fourth-order valence-electron chi connectivity index (χ4n) is 1.24. The Bertz CT molecular complexity index is 335. The molecule has 0 radical (unpaired) electrons. The highest BCUT2D eigenvalue weighted by atomic mass is 19.1. The Morgan fingerprint density at radius 3 is 2.38 bits per heavy atom. The minimum atomic E-state index is -0.635. The van der Waals surface area contributed by atoms with Gasteiger partial charge in [0.25, 0.3) is 0 Å². The topological polar surface area (TPSA) is 47.3 Å². The Kier molecular flexibility index (Phi) is 4.64. The maximum atomic E-state index is 13.5. The van der Waals surface area contributed by atoms with Gasteiger partial charge in [0.05, 0.1) is 6.10 Å². The van der Waals surface area contributed by atoms with E-state index in [0.29, 0.717) is 12.1 Å². The van der Waals surface area contributed by atoms with Crippen LogP contribution in [0.3, 0.4) is 0 Å². The van der Waals surface area contributed by atoms with E-state index < -0.39 is 11.6 Å². The minimum absolute atomic E-state index is 0.114. The highest BCUT2D eigenvalue weighted by molar-refractivity contribution is 5.48. The summed E-state index contributed by atoms with van der Waals surface area (Å²) in [5, 5.41) is 2.67. The summed E-state index contributed by atoms with van der Waals surface area (Å²) in [4.78, 5) is 0. The largest absolute Gasteiger partial charge is 0.380 e. The van der Waals surface area contributed by atoms with E-state index in [4.69, 9.17) is 10.5 Å². The van der Waals surface area contributed by atoms with Gasteiger partial charge in [-0.05, 0) is 24.6 Å². The molecule has 1 aromatic rings. The van der Waals surface area contributed by atoms with Crippen LogP contribution in [0.4, 0.5) is 14.5 Å². The van der Waals surface area contributed by atoms with E-state index in [1.54, 1.807) is 6.92 Å². The van der Waals surface area contributed by atoms with Crippen LogP contribution in [0, 0.1) is 11.6 Å². The second kappa shape index (κ2) is 5.77. The zero-order valence-corrected chi connectivity index (χ0v) is 9.39. The molecule has 90 valence electrons. The lowest BCUT2D eigenvalue weighted by atomic mass is 10.2. The number of anilines is 1. The molecule has 0 bridgehead atoms. The van der Waals surface area contributed by atoms with Gasteiger partial charge in [0.1, 0.15) is 17.3 Å². The first-order valence-corrected chi connectivity index (χ1v) is 5.03. The third kappa shape index (κ3) is 3.15. The van der Waals surface area contributed by atoms with E-state index in [0.717, 1.165) is 0 Å². The zero-order chi connectivity index (χ0) is 12.1. The molecule has 0 aliphatic rings. The van der Waals surface area contributed by atoms with Crippen molar-refractivity contribution in [2.45, 2.75) is 19.6 Å². The van der Waals surface area contributed by atoms with Gasteiger partial charge in [-0.25, -0.2) is 8.78 Å². The predicted molar refractivity (Wildman–Crippen MR) is 59.2 cm³/mol. The summed E-state index contributed by atoms with van der Waals surface area (Å²) in [6.45, 7) is 2.26. The van der Waals surface area contributed by atoms with Crippen LogP contribution in [0.25, 0.3) is 0 Å². The lowest BCUT2D eigenvalue weighted by molar-refractivity contribution is 0.128. The second-order valence-electron chi connectivity index (χ2n) is 3.57. The van der Waals surface area contributed by atoms with Crippen LogP contribution in [-0.2, 0) is 11.3 Å². The number of benzene rings is 1. The summed E-state index contributed by atoms with van der Waals surface area (Å²) < 4.78 is 31.9. The van der Waals surface area contributed by atoms with Crippen LogP contribution in [0.5, 0.6) is 0 Å². The lowest BCUT2D eigenvalue weighted by Crippen LogP contribution is -2.19. The highest BCUT2D eigenvalue weighted by Crippen LogP contribution is 2.20. The van der Waals surface area contributed by atoms with Gasteiger partial charge in [-0.15, -0.1) is 0 Å². The average Bonchev–Trinajstić information content (AvgIpc) is 2.27. The molecular formula is C11H16F2N2O. The van der Waals surface area contributed by atoms with Crippen molar-refractivity contribution in [2.75, 3.05) is 19.0 Å². The molecule has 0 saturated carbocycles. The van der Waals surface area contributed by atoms with Crippen molar-refractivity contribution in [2.24, 2.45) is 5.73 Å². The number of nitrogens with one attached hydrogen (secondary N) is 1. The van der Waals surface area contributed by atoms with E-state index in [9.17, 15) is 8.78 Å². The summed E-state index contributed by atoms with van der Waals surface area (Å²) in [5.41, 5.74) is 5.60. The first-order chi connectivity index (χ1) is 7.58. The SMILES string of the molecule is COC(C)CNc1c(F)cc(CN)cc1F. The first kappa shape index (κ1) is 12.9. The van der Waals surface area contributed by atoms with Crippen molar-refractivity contribution < 1.29 is 13.5 Å².